The van der Waals surface area contributed by atoms with E-state index in [2.05, 4.69) is 40.1 Å². The summed E-state index contributed by atoms with van der Waals surface area (Å²) in [5.41, 5.74) is 2.00. The molecule has 0 N–H and O–H groups in total. The second-order valence-electron chi connectivity index (χ2n) is 7.51. The molecule has 0 spiro atoms. The minimum absolute atomic E-state index is 0.0392. The molecule has 26 heavy (non-hydrogen) atoms. The van der Waals surface area contributed by atoms with Gasteiger partial charge in [-0.15, -0.1) is 0 Å². The normalized spacial score (nSPS) is 24.2. The molecule has 0 amide bonds. The summed E-state index contributed by atoms with van der Waals surface area (Å²) < 4.78 is 13.1. The quantitative estimate of drug-likeness (QED) is 0.786. The van der Waals surface area contributed by atoms with Crippen molar-refractivity contribution in [1.82, 2.24) is 9.80 Å². The molecule has 0 radical (unpaired) electrons. The van der Waals surface area contributed by atoms with Crippen LogP contribution < -0.4 is 0 Å². The fraction of sp³-hybridized carbons (Fsp3) is 0.409. The number of piperidine rings is 1. The first-order valence-electron chi connectivity index (χ1n) is 9.49. The number of nitrogens with zero attached hydrogens (tertiary/aromatic N) is 2. The Kier molecular flexibility index (Phi) is 5.14. The molecular weight excluding hydrogens is 327 g/mol. The Labute approximate surface area is 154 Å². The number of carbonyl (C=O) groups excluding carboxylic acids is 1. The Morgan fingerprint density at radius 1 is 0.962 bits per heavy atom. The minimum atomic E-state index is -0.292. The number of hydrogen-bond donors (Lipinski definition) is 0. The molecule has 0 aliphatic carbocycles. The van der Waals surface area contributed by atoms with Gasteiger partial charge in [0.1, 0.15) is 5.82 Å². The zero-order chi connectivity index (χ0) is 17.9. The third-order valence-corrected chi connectivity index (χ3v) is 5.74. The van der Waals surface area contributed by atoms with Gasteiger partial charge in [0.15, 0.2) is 5.78 Å². The lowest BCUT2D eigenvalue weighted by Gasteiger charge is -2.46. The molecule has 136 valence electrons. The summed E-state index contributed by atoms with van der Waals surface area (Å²) in [6, 6.07) is 17.1. The fourth-order valence-corrected chi connectivity index (χ4v) is 4.29. The van der Waals surface area contributed by atoms with Crippen molar-refractivity contribution in [2.24, 2.45) is 5.92 Å². The maximum Gasteiger partial charge on any atom is 0.167 e. The van der Waals surface area contributed by atoms with Crippen molar-refractivity contribution in [3.63, 3.8) is 0 Å². The van der Waals surface area contributed by atoms with Gasteiger partial charge in [-0.25, -0.2) is 4.39 Å². The molecule has 0 bridgehead atoms. The van der Waals surface area contributed by atoms with E-state index in [0.717, 1.165) is 45.6 Å². The molecule has 0 unspecified atom stereocenters. The second-order valence-corrected chi connectivity index (χ2v) is 7.51. The van der Waals surface area contributed by atoms with E-state index in [-0.39, 0.29) is 17.5 Å². The molecular formula is C22H25FN2O. The van der Waals surface area contributed by atoms with Crippen molar-refractivity contribution in [2.45, 2.75) is 25.4 Å². The molecule has 2 fully saturated rings. The first-order chi connectivity index (χ1) is 12.7. The van der Waals surface area contributed by atoms with Gasteiger partial charge in [0.05, 0.1) is 0 Å². The predicted molar refractivity (Wildman–Crippen MR) is 101 cm³/mol. The smallest absolute Gasteiger partial charge is 0.167 e. The molecule has 2 aliphatic heterocycles. The molecule has 2 saturated heterocycles. The summed E-state index contributed by atoms with van der Waals surface area (Å²) in [4.78, 5) is 17.7. The predicted octanol–water partition coefficient (Wildman–Crippen LogP) is 3.60. The van der Waals surface area contributed by atoms with Crippen LogP contribution in [0.5, 0.6) is 0 Å². The lowest BCUT2D eigenvalue weighted by molar-refractivity contribution is 0.0249. The Morgan fingerprint density at radius 3 is 2.50 bits per heavy atom. The van der Waals surface area contributed by atoms with Crippen LogP contribution in [-0.4, -0.2) is 47.8 Å². The Balaban J connectivity index is 1.34. The standard InChI is InChI=1S/C22H25FN2O/c23-20-9-6-18(7-10-20)22(26)19-8-11-21-16-24(12-13-25(21)15-19)14-17-4-2-1-3-5-17/h1-7,9-10,19,21H,8,11-16H2/t19-,21-/m0/s1. The van der Waals surface area contributed by atoms with E-state index in [0.29, 0.717) is 11.6 Å². The maximum absolute atomic E-state index is 13.1. The molecule has 2 aliphatic rings. The van der Waals surface area contributed by atoms with Crippen LogP contribution in [0.2, 0.25) is 0 Å². The van der Waals surface area contributed by atoms with Gasteiger partial charge in [0.2, 0.25) is 0 Å². The summed E-state index contributed by atoms with van der Waals surface area (Å²) in [6.07, 6.45) is 1.99. The largest absolute Gasteiger partial charge is 0.297 e. The lowest BCUT2D eigenvalue weighted by Crippen LogP contribution is -2.56. The first-order valence-corrected chi connectivity index (χ1v) is 9.49. The van der Waals surface area contributed by atoms with Crippen LogP contribution in [0.4, 0.5) is 4.39 Å². The fourth-order valence-electron chi connectivity index (χ4n) is 4.29. The van der Waals surface area contributed by atoms with Gasteiger partial charge in [0.25, 0.3) is 0 Å². The number of benzene rings is 2. The summed E-state index contributed by atoms with van der Waals surface area (Å²) >= 11 is 0. The van der Waals surface area contributed by atoms with E-state index < -0.39 is 0 Å². The number of Topliss-reactive ketones (excluding diaryl/α,β-unsaturated/α-hetero) is 1. The van der Waals surface area contributed by atoms with E-state index in [1.54, 1.807) is 12.1 Å². The number of rotatable bonds is 4. The van der Waals surface area contributed by atoms with E-state index >= 15 is 0 Å². The maximum atomic E-state index is 13.1. The number of piperazine rings is 1. The van der Waals surface area contributed by atoms with Gasteiger partial charge in [-0.05, 0) is 42.7 Å². The highest BCUT2D eigenvalue weighted by Crippen LogP contribution is 2.28. The number of halogens is 1. The van der Waals surface area contributed by atoms with Crippen LogP contribution in [0.15, 0.2) is 54.6 Å². The monoisotopic (exact) mass is 352 g/mol. The summed E-state index contributed by atoms with van der Waals surface area (Å²) in [5, 5.41) is 0. The molecule has 2 aromatic rings. The number of carbonyl (C=O) groups is 1. The van der Waals surface area contributed by atoms with Crippen LogP contribution >= 0.6 is 0 Å². The number of ketones is 1. The minimum Gasteiger partial charge on any atom is -0.297 e. The van der Waals surface area contributed by atoms with E-state index in [9.17, 15) is 9.18 Å². The molecule has 4 rings (SSSR count). The third kappa shape index (κ3) is 3.87. The van der Waals surface area contributed by atoms with Crippen molar-refractivity contribution in [3.05, 3.63) is 71.5 Å². The van der Waals surface area contributed by atoms with Gasteiger partial charge in [-0.3, -0.25) is 14.6 Å². The van der Waals surface area contributed by atoms with Crippen LogP contribution in [0, 0.1) is 11.7 Å². The van der Waals surface area contributed by atoms with E-state index in [1.807, 2.05) is 0 Å². The topological polar surface area (TPSA) is 23.6 Å². The first kappa shape index (κ1) is 17.4. The van der Waals surface area contributed by atoms with E-state index in [4.69, 9.17) is 0 Å². The van der Waals surface area contributed by atoms with Crippen molar-refractivity contribution >= 4 is 5.78 Å². The average Bonchev–Trinajstić information content (AvgIpc) is 2.68. The zero-order valence-corrected chi connectivity index (χ0v) is 15.0. The Morgan fingerprint density at radius 2 is 1.73 bits per heavy atom. The summed E-state index contributed by atoms with van der Waals surface area (Å²) in [6.45, 7) is 4.98. The van der Waals surface area contributed by atoms with Crippen LogP contribution in [-0.2, 0) is 6.54 Å². The van der Waals surface area contributed by atoms with Gasteiger partial charge < -0.3 is 0 Å². The average molecular weight is 352 g/mol. The zero-order valence-electron chi connectivity index (χ0n) is 15.0. The van der Waals surface area contributed by atoms with Crippen LogP contribution in [0.1, 0.15) is 28.8 Å². The Hall–Kier alpha value is -2.04. The summed E-state index contributed by atoms with van der Waals surface area (Å²) in [7, 11) is 0. The highest BCUT2D eigenvalue weighted by atomic mass is 19.1. The molecule has 2 aromatic carbocycles. The van der Waals surface area contributed by atoms with E-state index in [1.165, 1.54) is 17.7 Å². The molecule has 0 saturated carbocycles. The van der Waals surface area contributed by atoms with Crippen molar-refractivity contribution in [3.8, 4) is 0 Å². The van der Waals surface area contributed by atoms with Crippen molar-refractivity contribution < 1.29 is 9.18 Å². The molecule has 0 aromatic heterocycles. The second kappa shape index (κ2) is 7.68. The van der Waals surface area contributed by atoms with Crippen LogP contribution in [0.3, 0.4) is 0 Å². The lowest BCUT2D eigenvalue weighted by atomic mass is 9.86. The third-order valence-electron chi connectivity index (χ3n) is 5.74. The highest BCUT2D eigenvalue weighted by molar-refractivity contribution is 5.98. The molecule has 3 nitrogen and oxygen atoms in total. The number of fused-ring (bicyclic) bond motifs is 1. The highest BCUT2D eigenvalue weighted by Gasteiger charge is 2.35. The Bertz CT molecular complexity index is 746. The number of hydrogen-bond acceptors (Lipinski definition) is 3. The van der Waals surface area contributed by atoms with Gasteiger partial charge >= 0.3 is 0 Å². The van der Waals surface area contributed by atoms with Gasteiger partial charge in [-0.1, -0.05) is 30.3 Å². The molecule has 4 heteroatoms. The van der Waals surface area contributed by atoms with Crippen molar-refractivity contribution in [1.29, 1.82) is 0 Å². The van der Waals surface area contributed by atoms with Gasteiger partial charge in [-0.2, -0.15) is 0 Å². The molecule has 2 atom stereocenters. The molecule has 2 heterocycles. The van der Waals surface area contributed by atoms with Crippen LogP contribution in [0.25, 0.3) is 0 Å². The summed E-state index contributed by atoms with van der Waals surface area (Å²) in [5.74, 6) is -0.0904. The van der Waals surface area contributed by atoms with Crippen molar-refractivity contribution in [2.75, 3.05) is 26.2 Å². The van der Waals surface area contributed by atoms with Gasteiger partial charge in [0, 0.05) is 50.2 Å². The SMILES string of the molecule is O=C(c1ccc(F)cc1)[C@H]1CC[C@H]2CN(Cc3ccccc3)CCN2C1.